The first-order valence-corrected chi connectivity index (χ1v) is 18.4. The number of piperidine rings is 1. The van der Waals surface area contributed by atoms with Gasteiger partial charge in [0, 0.05) is 49.0 Å². The van der Waals surface area contributed by atoms with E-state index in [4.69, 9.17) is 9.39 Å². The molecule has 2 N–H and O–H groups in total. The number of benzene rings is 2. The Labute approximate surface area is 302 Å². The second-order valence-corrected chi connectivity index (χ2v) is 14.8. The van der Waals surface area contributed by atoms with Crippen LogP contribution in [0.5, 0.6) is 5.75 Å². The molecule has 9 nitrogen and oxygen atoms in total. The Morgan fingerprint density at radius 2 is 1.84 bits per heavy atom. The number of imide groups is 1. The molecule has 0 bridgehead atoms. The quantitative estimate of drug-likeness (QED) is 0.149. The van der Waals surface area contributed by atoms with Gasteiger partial charge in [0.2, 0.25) is 11.8 Å². The van der Waals surface area contributed by atoms with Crippen molar-refractivity contribution >= 4 is 46.5 Å². The van der Waals surface area contributed by atoms with Gasteiger partial charge in [-0.05, 0) is 103 Å². The summed E-state index contributed by atoms with van der Waals surface area (Å²) in [5, 5.41) is 21.7. The van der Waals surface area contributed by atoms with Gasteiger partial charge in [0.05, 0.1) is 30.2 Å². The molecule has 0 spiro atoms. The molecule has 0 saturated carbocycles. The lowest BCUT2D eigenvalue weighted by Gasteiger charge is -2.43. The van der Waals surface area contributed by atoms with E-state index >= 15 is 0 Å². The molecule has 7 rings (SSSR count). The summed E-state index contributed by atoms with van der Waals surface area (Å²) in [7, 11) is 0.581. The van der Waals surface area contributed by atoms with Gasteiger partial charge in [-0.3, -0.25) is 24.4 Å². The third-order valence-corrected chi connectivity index (χ3v) is 11.3. The number of halogens is 1. The Morgan fingerprint density at radius 3 is 2.58 bits per heavy atom. The lowest BCUT2D eigenvalue weighted by molar-refractivity contribution is -0.144. The highest BCUT2D eigenvalue weighted by Gasteiger charge is 2.58. The molecule has 2 amide bonds. The first-order chi connectivity index (χ1) is 24.3. The van der Waals surface area contributed by atoms with Crippen LogP contribution in [0.15, 0.2) is 88.5 Å². The number of nitrogens with zero attached hydrogens (tertiary/aromatic N) is 3. The van der Waals surface area contributed by atoms with Crippen LogP contribution in [0, 0.1) is 17.8 Å². The maximum absolute atomic E-state index is 14.3. The van der Waals surface area contributed by atoms with Crippen molar-refractivity contribution in [3.05, 3.63) is 105 Å². The molecule has 50 heavy (non-hydrogen) atoms. The fourth-order valence-electron chi connectivity index (χ4n) is 8.57. The van der Waals surface area contributed by atoms with Crippen LogP contribution >= 0.6 is 15.9 Å². The van der Waals surface area contributed by atoms with Crippen molar-refractivity contribution in [2.45, 2.75) is 57.1 Å². The minimum atomic E-state index is -1.06. The van der Waals surface area contributed by atoms with Gasteiger partial charge in [-0.2, -0.15) is 0 Å². The van der Waals surface area contributed by atoms with Crippen LogP contribution in [-0.2, 0) is 25.5 Å². The SMILES string of the molecule is COCC1=C2[C@@H](CC/C(=C/c3cc(Br)ccc3O)c3ccccn3)OB(O)C[C@@H]2[C@@H]2C(=O)N(C3CCN(Cc4ccccc4)CC3)C(=O)[C@@H]2C1. The maximum Gasteiger partial charge on any atom is 0.455 e. The lowest BCUT2D eigenvalue weighted by Crippen LogP contribution is -2.48. The van der Waals surface area contributed by atoms with E-state index in [1.165, 1.54) is 5.56 Å². The number of aromatic nitrogens is 1. The number of hydrogen-bond acceptors (Lipinski definition) is 8. The number of fused-ring (bicyclic) bond motifs is 3. The second-order valence-electron chi connectivity index (χ2n) is 13.9. The Bertz CT molecular complexity index is 1760. The molecule has 1 aliphatic carbocycles. The smallest absolute Gasteiger partial charge is 0.455 e. The molecule has 3 fully saturated rings. The number of ether oxygens (including phenoxy) is 1. The number of allylic oxidation sites excluding steroid dienone is 1. The third kappa shape index (κ3) is 7.25. The molecule has 2 aromatic carbocycles. The number of rotatable bonds is 10. The topological polar surface area (TPSA) is 112 Å². The number of methoxy groups -OCH3 is 1. The summed E-state index contributed by atoms with van der Waals surface area (Å²) in [4.78, 5) is 37.0. The molecule has 0 unspecified atom stereocenters. The van der Waals surface area contributed by atoms with Crippen LogP contribution in [0.25, 0.3) is 11.6 Å². The second kappa shape index (κ2) is 15.3. The number of likely N-dealkylation sites (tertiary alicyclic amines) is 2. The van der Waals surface area contributed by atoms with Crippen molar-refractivity contribution < 1.29 is 29.1 Å². The molecule has 3 saturated heterocycles. The van der Waals surface area contributed by atoms with Crippen LogP contribution in [0.1, 0.15) is 48.9 Å². The number of pyridine rings is 1. The number of aromatic hydroxyl groups is 1. The molecule has 4 aliphatic rings. The Balaban J connectivity index is 1.12. The fourth-order valence-corrected chi connectivity index (χ4v) is 8.95. The van der Waals surface area contributed by atoms with Crippen LogP contribution < -0.4 is 0 Å². The highest BCUT2D eigenvalue weighted by Crippen LogP contribution is 2.51. The number of amides is 2. The summed E-state index contributed by atoms with van der Waals surface area (Å²) in [5.41, 5.74) is 5.57. The average Bonchev–Trinajstić information content (AvgIpc) is 3.37. The standard InChI is InChI=1S/C39H43BBrN3O6/c1-49-24-28-21-31-37(39(47)44(38(31)46)30-14-17-43(18-15-30)23-25-7-3-2-4-8-25)32-22-40(48)50-35(36(28)32)13-10-26(33-9-5-6-16-42-33)19-27-20-29(41)11-12-34(27)45/h2-9,11-12,16,19-20,30-32,35,37,45,48H,10,13-15,17-18,21-24H2,1H3/b26-19-/t31-,32+,35-,37-/m1/s1. The van der Waals surface area contributed by atoms with E-state index in [-0.39, 0.29) is 35.8 Å². The van der Waals surface area contributed by atoms with E-state index < -0.39 is 25.1 Å². The number of hydrogen-bond donors (Lipinski definition) is 2. The van der Waals surface area contributed by atoms with Gasteiger partial charge in [0.1, 0.15) is 5.75 Å². The Hall–Kier alpha value is -3.61. The van der Waals surface area contributed by atoms with E-state index in [1.807, 2.05) is 36.4 Å². The van der Waals surface area contributed by atoms with Crippen molar-refractivity contribution in [1.82, 2.24) is 14.8 Å². The zero-order valence-corrected chi connectivity index (χ0v) is 29.9. The number of carbonyl (C=O) groups is 2. The minimum Gasteiger partial charge on any atom is -0.507 e. The van der Waals surface area contributed by atoms with Crippen molar-refractivity contribution in [3.8, 4) is 5.75 Å². The van der Waals surface area contributed by atoms with E-state index in [1.54, 1.807) is 30.3 Å². The van der Waals surface area contributed by atoms with Gasteiger partial charge < -0.3 is 19.5 Å². The summed E-state index contributed by atoms with van der Waals surface area (Å²) < 4.78 is 12.8. The lowest BCUT2D eigenvalue weighted by atomic mass is 9.58. The first kappa shape index (κ1) is 34.8. The van der Waals surface area contributed by atoms with Gasteiger partial charge in [-0.15, -0.1) is 0 Å². The third-order valence-electron chi connectivity index (χ3n) is 10.8. The molecular formula is C39H43BBrN3O6. The zero-order chi connectivity index (χ0) is 34.8. The predicted molar refractivity (Wildman–Crippen MR) is 195 cm³/mol. The van der Waals surface area contributed by atoms with E-state index in [2.05, 4.69) is 50.1 Å². The molecule has 4 heterocycles. The number of phenolic OH excluding ortho intramolecular Hbond substituents is 1. The van der Waals surface area contributed by atoms with Crippen molar-refractivity contribution in [1.29, 1.82) is 0 Å². The average molecular weight is 741 g/mol. The molecule has 1 aromatic heterocycles. The van der Waals surface area contributed by atoms with Crippen molar-refractivity contribution in [2.24, 2.45) is 17.8 Å². The Morgan fingerprint density at radius 1 is 1.06 bits per heavy atom. The van der Waals surface area contributed by atoms with E-state index in [0.29, 0.717) is 31.4 Å². The minimum absolute atomic E-state index is 0.0825. The highest BCUT2D eigenvalue weighted by atomic mass is 79.9. The van der Waals surface area contributed by atoms with Gasteiger partial charge in [-0.1, -0.05) is 52.3 Å². The summed E-state index contributed by atoms with van der Waals surface area (Å²) in [6.45, 7) is 2.84. The van der Waals surface area contributed by atoms with Gasteiger partial charge in [0.15, 0.2) is 0 Å². The van der Waals surface area contributed by atoms with Gasteiger partial charge in [-0.25, -0.2) is 0 Å². The summed E-state index contributed by atoms with van der Waals surface area (Å²) in [6, 6.07) is 21.3. The largest absolute Gasteiger partial charge is 0.507 e. The van der Waals surface area contributed by atoms with Crippen molar-refractivity contribution in [3.63, 3.8) is 0 Å². The summed E-state index contributed by atoms with van der Waals surface area (Å²) in [5.74, 6) is -1.33. The predicted octanol–water partition coefficient (Wildman–Crippen LogP) is 5.98. The van der Waals surface area contributed by atoms with Crippen LogP contribution in [0.3, 0.4) is 0 Å². The highest BCUT2D eigenvalue weighted by molar-refractivity contribution is 9.10. The van der Waals surface area contributed by atoms with Gasteiger partial charge >= 0.3 is 7.12 Å². The monoisotopic (exact) mass is 739 g/mol. The van der Waals surface area contributed by atoms with Crippen LogP contribution in [0.4, 0.5) is 0 Å². The van der Waals surface area contributed by atoms with Crippen molar-refractivity contribution in [2.75, 3.05) is 26.8 Å². The van der Waals surface area contributed by atoms with Crippen LogP contribution in [0.2, 0.25) is 6.32 Å². The molecule has 3 aliphatic heterocycles. The molecule has 3 aromatic rings. The normalized spacial score (nSPS) is 24.9. The van der Waals surface area contributed by atoms with E-state index in [0.717, 1.165) is 59.4 Å². The number of carbonyl (C=O) groups excluding carboxylic acids is 2. The Kier molecular flexibility index (Phi) is 10.7. The summed E-state index contributed by atoms with van der Waals surface area (Å²) >= 11 is 3.51. The van der Waals surface area contributed by atoms with Gasteiger partial charge in [0.25, 0.3) is 0 Å². The molecule has 11 heteroatoms. The number of phenols is 1. The molecule has 4 atom stereocenters. The van der Waals surface area contributed by atoms with Crippen LogP contribution in [-0.4, -0.2) is 82.8 Å². The maximum atomic E-state index is 14.3. The fraction of sp³-hybridized carbons (Fsp3) is 0.410. The summed E-state index contributed by atoms with van der Waals surface area (Å²) in [6.07, 6.45) is 6.46. The van der Waals surface area contributed by atoms with E-state index in [9.17, 15) is 19.7 Å². The molecular weight excluding hydrogens is 697 g/mol. The molecule has 0 radical (unpaired) electrons. The molecule has 260 valence electrons. The zero-order valence-electron chi connectivity index (χ0n) is 28.3. The first-order valence-electron chi connectivity index (χ1n) is 17.6.